The molecule has 0 aliphatic rings. The molecule has 1 aromatic heterocycles. The molecule has 3 rings (SSSR count). The second-order valence-electron chi connectivity index (χ2n) is 6.20. The Hall–Kier alpha value is -2.89. The van der Waals surface area contributed by atoms with Crippen molar-refractivity contribution in [2.45, 2.75) is 26.4 Å². The van der Waals surface area contributed by atoms with Crippen molar-refractivity contribution >= 4 is 5.91 Å². The van der Waals surface area contributed by atoms with Crippen molar-refractivity contribution < 1.29 is 18.7 Å². The molecule has 1 heterocycles. The molecular formula is C22H23NO4. The zero-order valence-corrected chi connectivity index (χ0v) is 15.3. The fourth-order valence-electron chi connectivity index (χ4n) is 2.70. The van der Waals surface area contributed by atoms with Gasteiger partial charge in [-0.3, -0.25) is 4.79 Å². The van der Waals surface area contributed by atoms with Crippen LogP contribution in [-0.4, -0.2) is 13.0 Å². The first kappa shape index (κ1) is 18.9. The molecule has 0 aliphatic carbocycles. The van der Waals surface area contributed by atoms with Gasteiger partial charge in [-0.25, -0.2) is 0 Å². The molecule has 5 nitrogen and oxygen atoms in total. The van der Waals surface area contributed by atoms with Gasteiger partial charge in [0.2, 0.25) is 0 Å². The fraction of sp³-hybridized carbons (Fsp3) is 0.227. The van der Waals surface area contributed by atoms with Crippen LogP contribution in [0.15, 0.2) is 71.3 Å². The Morgan fingerprint density at radius 1 is 0.926 bits per heavy atom. The maximum Gasteiger partial charge on any atom is 0.251 e. The van der Waals surface area contributed by atoms with Gasteiger partial charge in [-0.2, -0.15) is 0 Å². The lowest BCUT2D eigenvalue weighted by Crippen LogP contribution is -2.22. The fourth-order valence-corrected chi connectivity index (χ4v) is 2.70. The maximum absolute atomic E-state index is 12.3. The number of amides is 1. The summed E-state index contributed by atoms with van der Waals surface area (Å²) in [4.78, 5) is 12.3. The Kier molecular flexibility index (Phi) is 6.79. The van der Waals surface area contributed by atoms with Gasteiger partial charge < -0.3 is 19.2 Å². The smallest absolute Gasteiger partial charge is 0.251 e. The number of carbonyl (C=O) groups is 1. The molecule has 0 fully saturated rings. The van der Waals surface area contributed by atoms with Gasteiger partial charge in [-0.05, 0) is 41.0 Å². The van der Waals surface area contributed by atoms with Gasteiger partial charge in [0.15, 0.2) is 0 Å². The first-order valence-corrected chi connectivity index (χ1v) is 8.78. The predicted molar refractivity (Wildman–Crippen MR) is 102 cm³/mol. The van der Waals surface area contributed by atoms with Crippen LogP contribution in [0.25, 0.3) is 0 Å². The average Bonchev–Trinajstić information content (AvgIpc) is 3.21. The van der Waals surface area contributed by atoms with Crippen molar-refractivity contribution in [1.82, 2.24) is 5.32 Å². The lowest BCUT2D eigenvalue weighted by Gasteiger charge is -2.08. The Labute approximate surface area is 158 Å². The molecule has 0 spiro atoms. The predicted octanol–water partition coefficient (Wildman–Crippen LogP) is 4.07. The van der Waals surface area contributed by atoms with Crippen molar-refractivity contribution in [1.29, 1.82) is 0 Å². The van der Waals surface area contributed by atoms with Gasteiger partial charge >= 0.3 is 0 Å². The summed E-state index contributed by atoms with van der Waals surface area (Å²) in [5, 5.41) is 2.95. The van der Waals surface area contributed by atoms with E-state index in [4.69, 9.17) is 13.9 Å². The zero-order chi connectivity index (χ0) is 18.9. The van der Waals surface area contributed by atoms with Crippen LogP contribution in [0, 0.1) is 0 Å². The number of rotatable bonds is 9. The topological polar surface area (TPSA) is 60.7 Å². The van der Waals surface area contributed by atoms with E-state index in [0.29, 0.717) is 31.9 Å². The Morgan fingerprint density at radius 3 is 2.48 bits per heavy atom. The second kappa shape index (κ2) is 9.71. The standard InChI is InChI=1S/C22H23NO4/c1-25-14-17-7-9-20(10-8-17)22(24)23-13-18-4-2-5-19(12-18)15-26-16-21-6-3-11-27-21/h2-12H,13-16H2,1H3,(H,23,24). The Morgan fingerprint density at radius 2 is 1.74 bits per heavy atom. The molecule has 0 atom stereocenters. The summed E-state index contributed by atoms with van der Waals surface area (Å²) in [6, 6.07) is 19.1. The molecule has 1 amide bonds. The highest BCUT2D eigenvalue weighted by atomic mass is 16.5. The van der Waals surface area contributed by atoms with Gasteiger partial charge in [0, 0.05) is 19.2 Å². The van der Waals surface area contributed by atoms with Crippen molar-refractivity contribution in [2.24, 2.45) is 0 Å². The molecule has 0 saturated heterocycles. The summed E-state index contributed by atoms with van der Waals surface area (Å²) in [5.41, 5.74) is 3.75. The van der Waals surface area contributed by atoms with E-state index in [1.807, 2.05) is 60.7 Å². The van der Waals surface area contributed by atoms with Crippen molar-refractivity contribution in [3.63, 3.8) is 0 Å². The summed E-state index contributed by atoms with van der Waals surface area (Å²) in [6.07, 6.45) is 1.63. The summed E-state index contributed by atoms with van der Waals surface area (Å²) >= 11 is 0. The lowest BCUT2D eigenvalue weighted by atomic mass is 10.1. The first-order valence-electron chi connectivity index (χ1n) is 8.78. The molecule has 2 aromatic carbocycles. The minimum absolute atomic E-state index is 0.0987. The van der Waals surface area contributed by atoms with Crippen molar-refractivity contribution in [2.75, 3.05) is 7.11 Å². The second-order valence-corrected chi connectivity index (χ2v) is 6.20. The molecule has 1 N–H and O–H groups in total. The van der Waals surface area contributed by atoms with Crippen LogP contribution < -0.4 is 5.32 Å². The molecule has 3 aromatic rings. The first-order chi connectivity index (χ1) is 13.2. The third kappa shape index (κ3) is 5.81. The number of ether oxygens (including phenoxy) is 2. The number of hydrogen-bond acceptors (Lipinski definition) is 4. The van der Waals surface area contributed by atoms with Gasteiger partial charge in [0.1, 0.15) is 12.4 Å². The lowest BCUT2D eigenvalue weighted by molar-refractivity contribution is 0.0928. The Balaban J connectivity index is 1.49. The summed E-state index contributed by atoms with van der Waals surface area (Å²) in [6.45, 7) is 1.93. The highest BCUT2D eigenvalue weighted by Gasteiger charge is 2.06. The van der Waals surface area contributed by atoms with Crippen LogP contribution in [0.3, 0.4) is 0 Å². The van der Waals surface area contributed by atoms with Gasteiger partial charge in [0.25, 0.3) is 5.91 Å². The number of furan rings is 1. The molecule has 0 aliphatic heterocycles. The largest absolute Gasteiger partial charge is 0.467 e. The number of methoxy groups -OCH3 is 1. The summed E-state index contributed by atoms with van der Waals surface area (Å²) in [7, 11) is 1.65. The van der Waals surface area contributed by atoms with E-state index >= 15 is 0 Å². The molecule has 5 heteroatoms. The minimum Gasteiger partial charge on any atom is -0.467 e. The van der Waals surface area contributed by atoms with Gasteiger partial charge in [-0.15, -0.1) is 0 Å². The Bertz CT molecular complexity index is 841. The highest BCUT2D eigenvalue weighted by molar-refractivity contribution is 5.94. The van der Waals surface area contributed by atoms with E-state index in [0.717, 1.165) is 22.5 Å². The van der Waals surface area contributed by atoms with Crippen molar-refractivity contribution in [3.05, 3.63) is 94.9 Å². The monoisotopic (exact) mass is 365 g/mol. The van der Waals surface area contributed by atoms with Crippen LogP contribution in [0.5, 0.6) is 0 Å². The summed E-state index contributed by atoms with van der Waals surface area (Å²) in [5.74, 6) is 0.702. The number of nitrogens with one attached hydrogen (secondary N) is 1. The molecule has 27 heavy (non-hydrogen) atoms. The minimum atomic E-state index is -0.0987. The SMILES string of the molecule is COCc1ccc(C(=O)NCc2cccc(COCc3ccco3)c2)cc1. The maximum atomic E-state index is 12.3. The van der Waals surface area contributed by atoms with Crippen molar-refractivity contribution in [3.8, 4) is 0 Å². The molecule has 0 radical (unpaired) electrons. The normalized spacial score (nSPS) is 10.7. The molecular weight excluding hydrogens is 342 g/mol. The van der Waals surface area contributed by atoms with Gasteiger partial charge in [0.05, 0.1) is 19.5 Å². The van der Waals surface area contributed by atoms with Crippen LogP contribution in [0.1, 0.15) is 32.8 Å². The van der Waals surface area contributed by atoms with E-state index in [1.54, 1.807) is 13.4 Å². The van der Waals surface area contributed by atoms with E-state index in [2.05, 4.69) is 5.32 Å². The number of hydrogen-bond donors (Lipinski definition) is 1. The van der Waals surface area contributed by atoms with Crippen LogP contribution >= 0.6 is 0 Å². The molecule has 0 unspecified atom stereocenters. The highest BCUT2D eigenvalue weighted by Crippen LogP contribution is 2.10. The van der Waals surface area contributed by atoms with E-state index in [9.17, 15) is 4.79 Å². The molecule has 0 bridgehead atoms. The van der Waals surface area contributed by atoms with E-state index in [-0.39, 0.29) is 5.91 Å². The number of carbonyl (C=O) groups excluding carboxylic acids is 1. The van der Waals surface area contributed by atoms with Gasteiger partial charge in [-0.1, -0.05) is 36.4 Å². The van der Waals surface area contributed by atoms with Crippen LogP contribution in [0.2, 0.25) is 0 Å². The third-order valence-corrected chi connectivity index (χ3v) is 4.06. The van der Waals surface area contributed by atoms with Crippen LogP contribution in [-0.2, 0) is 35.8 Å². The number of benzene rings is 2. The molecule has 0 saturated carbocycles. The quantitative estimate of drug-likeness (QED) is 0.621. The van der Waals surface area contributed by atoms with E-state index < -0.39 is 0 Å². The van der Waals surface area contributed by atoms with E-state index in [1.165, 1.54) is 0 Å². The average molecular weight is 365 g/mol. The third-order valence-electron chi connectivity index (χ3n) is 4.06. The molecule has 140 valence electrons. The zero-order valence-electron chi connectivity index (χ0n) is 15.3. The van der Waals surface area contributed by atoms with Crippen LogP contribution in [0.4, 0.5) is 0 Å². The summed E-state index contributed by atoms with van der Waals surface area (Å²) < 4.78 is 16.0.